The first-order valence-electron chi connectivity index (χ1n) is 7.64. The van der Waals surface area contributed by atoms with Gasteiger partial charge in [-0.05, 0) is 30.5 Å². The van der Waals surface area contributed by atoms with Gasteiger partial charge in [-0.15, -0.1) is 23.1 Å². The molecule has 6 heteroatoms. The van der Waals surface area contributed by atoms with Gasteiger partial charge in [-0.2, -0.15) is 0 Å². The Morgan fingerprint density at radius 1 is 1.29 bits per heavy atom. The van der Waals surface area contributed by atoms with Crippen LogP contribution in [-0.2, 0) is 17.1 Å². The van der Waals surface area contributed by atoms with Crippen molar-refractivity contribution < 1.29 is 9.21 Å². The van der Waals surface area contributed by atoms with E-state index < -0.39 is 0 Å². The molecule has 1 aromatic carbocycles. The fourth-order valence-electron chi connectivity index (χ4n) is 2.10. The van der Waals surface area contributed by atoms with Crippen LogP contribution in [0.1, 0.15) is 17.5 Å². The number of carbonyl (C=O) groups excluding carboxylic acids is 1. The van der Waals surface area contributed by atoms with Gasteiger partial charge in [-0.3, -0.25) is 4.79 Å². The monoisotopic (exact) mass is 358 g/mol. The van der Waals surface area contributed by atoms with Crippen molar-refractivity contribution in [1.82, 2.24) is 10.3 Å². The van der Waals surface area contributed by atoms with Crippen LogP contribution in [0, 0.1) is 0 Å². The zero-order valence-electron chi connectivity index (χ0n) is 13.3. The highest BCUT2D eigenvalue weighted by molar-refractivity contribution is 7.99. The van der Waals surface area contributed by atoms with Crippen LogP contribution in [0.5, 0.6) is 0 Å². The van der Waals surface area contributed by atoms with Crippen molar-refractivity contribution in [3.05, 3.63) is 64.7 Å². The number of amides is 1. The Bertz CT molecular complexity index is 769. The van der Waals surface area contributed by atoms with Crippen LogP contribution in [0.25, 0.3) is 11.5 Å². The number of aromatic nitrogens is 1. The van der Waals surface area contributed by atoms with Crippen LogP contribution in [0.3, 0.4) is 0 Å². The van der Waals surface area contributed by atoms with Crippen molar-refractivity contribution in [3.8, 4) is 11.5 Å². The van der Waals surface area contributed by atoms with Gasteiger partial charge in [0.1, 0.15) is 6.26 Å². The number of thiophene rings is 1. The summed E-state index contributed by atoms with van der Waals surface area (Å²) in [7, 11) is 0. The quantitative estimate of drug-likeness (QED) is 0.682. The van der Waals surface area contributed by atoms with Gasteiger partial charge in [0.15, 0.2) is 0 Å². The van der Waals surface area contributed by atoms with Crippen LogP contribution in [0.15, 0.2) is 58.5 Å². The molecule has 4 nitrogen and oxygen atoms in total. The number of benzene rings is 1. The van der Waals surface area contributed by atoms with Gasteiger partial charge in [-0.25, -0.2) is 4.98 Å². The van der Waals surface area contributed by atoms with E-state index >= 15 is 0 Å². The lowest BCUT2D eigenvalue weighted by molar-refractivity contribution is -0.120. The lowest BCUT2D eigenvalue weighted by Crippen LogP contribution is -2.30. The highest BCUT2D eigenvalue weighted by atomic mass is 32.2. The van der Waals surface area contributed by atoms with E-state index in [2.05, 4.69) is 10.3 Å². The summed E-state index contributed by atoms with van der Waals surface area (Å²) in [4.78, 5) is 17.8. The summed E-state index contributed by atoms with van der Waals surface area (Å²) >= 11 is 3.20. The van der Waals surface area contributed by atoms with E-state index in [1.165, 1.54) is 0 Å². The Kier molecular flexibility index (Phi) is 5.72. The molecule has 0 bridgehead atoms. The third-order valence-corrected chi connectivity index (χ3v) is 5.49. The van der Waals surface area contributed by atoms with Crippen LogP contribution in [0.4, 0.5) is 0 Å². The second-order valence-electron chi connectivity index (χ2n) is 5.26. The normalized spacial score (nSPS) is 12.0. The van der Waals surface area contributed by atoms with E-state index in [4.69, 9.17) is 4.42 Å². The van der Waals surface area contributed by atoms with Crippen molar-refractivity contribution in [3.63, 3.8) is 0 Å². The van der Waals surface area contributed by atoms with Gasteiger partial charge >= 0.3 is 0 Å². The lowest BCUT2D eigenvalue weighted by Gasteiger charge is -2.10. The molecule has 24 heavy (non-hydrogen) atoms. The molecular formula is C18H18N2O2S2. The van der Waals surface area contributed by atoms with Crippen molar-refractivity contribution in [1.29, 1.82) is 0 Å². The van der Waals surface area contributed by atoms with Gasteiger partial charge in [0, 0.05) is 16.2 Å². The molecule has 0 aliphatic heterocycles. The van der Waals surface area contributed by atoms with Gasteiger partial charge < -0.3 is 9.73 Å². The van der Waals surface area contributed by atoms with E-state index in [9.17, 15) is 4.79 Å². The van der Waals surface area contributed by atoms with Crippen LogP contribution >= 0.6 is 23.1 Å². The van der Waals surface area contributed by atoms with Gasteiger partial charge in [0.2, 0.25) is 11.8 Å². The SMILES string of the molecule is CC(SCc1coc(-c2ccccc2)n1)C(=O)NCc1cccs1. The first-order chi connectivity index (χ1) is 11.7. The van der Waals surface area contributed by atoms with E-state index in [0.29, 0.717) is 18.2 Å². The molecule has 124 valence electrons. The average molecular weight is 358 g/mol. The highest BCUT2D eigenvalue weighted by Gasteiger charge is 2.15. The zero-order chi connectivity index (χ0) is 16.8. The summed E-state index contributed by atoms with van der Waals surface area (Å²) in [5.74, 6) is 1.30. The Balaban J connectivity index is 1.48. The van der Waals surface area contributed by atoms with Crippen molar-refractivity contribution in [2.45, 2.75) is 24.5 Å². The van der Waals surface area contributed by atoms with E-state index in [1.807, 2.05) is 54.8 Å². The molecule has 0 saturated heterocycles. The summed E-state index contributed by atoms with van der Waals surface area (Å²) in [5, 5.41) is 4.83. The summed E-state index contributed by atoms with van der Waals surface area (Å²) in [6.45, 7) is 2.50. The van der Waals surface area contributed by atoms with Crippen molar-refractivity contribution in [2.75, 3.05) is 0 Å². The molecular weight excluding hydrogens is 340 g/mol. The third-order valence-electron chi connectivity index (χ3n) is 3.44. The Labute approximate surface area is 149 Å². The molecule has 0 spiro atoms. The lowest BCUT2D eigenvalue weighted by atomic mass is 10.2. The Morgan fingerprint density at radius 2 is 2.12 bits per heavy atom. The fourth-order valence-corrected chi connectivity index (χ4v) is 3.54. The Morgan fingerprint density at radius 3 is 2.88 bits per heavy atom. The minimum absolute atomic E-state index is 0.0418. The number of hydrogen-bond donors (Lipinski definition) is 1. The van der Waals surface area contributed by atoms with Gasteiger partial charge in [0.25, 0.3) is 0 Å². The summed E-state index contributed by atoms with van der Waals surface area (Å²) < 4.78 is 5.52. The van der Waals surface area contributed by atoms with Gasteiger partial charge in [-0.1, -0.05) is 24.3 Å². The highest BCUT2D eigenvalue weighted by Crippen LogP contribution is 2.22. The molecule has 0 radical (unpaired) electrons. The number of carbonyl (C=O) groups is 1. The maximum atomic E-state index is 12.1. The molecule has 0 fully saturated rings. The molecule has 3 aromatic rings. The molecule has 0 saturated carbocycles. The maximum absolute atomic E-state index is 12.1. The average Bonchev–Trinajstić information content (AvgIpc) is 3.30. The van der Waals surface area contributed by atoms with Crippen molar-refractivity contribution in [2.24, 2.45) is 0 Å². The molecule has 1 unspecified atom stereocenters. The molecule has 0 aliphatic rings. The second-order valence-corrected chi connectivity index (χ2v) is 7.62. The smallest absolute Gasteiger partial charge is 0.233 e. The zero-order valence-corrected chi connectivity index (χ0v) is 14.9. The number of hydrogen-bond acceptors (Lipinski definition) is 5. The third kappa shape index (κ3) is 4.49. The predicted octanol–water partition coefficient (Wildman–Crippen LogP) is 4.34. The minimum atomic E-state index is -0.137. The first-order valence-corrected chi connectivity index (χ1v) is 9.57. The summed E-state index contributed by atoms with van der Waals surface area (Å²) in [6, 6.07) is 13.8. The van der Waals surface area contributed by atoms with E-state index in [-0.39, 0.29) is 11.2 Å². The van der Waals surface area contributed by atoms with Gasteiger partial charge in [0.05, 0.1) is 17.5 Å². The molecule has 3 rings (SSSR count). The molecule has 2 aromatic heterocycles. The number of oxazole rings is 1. The molecule has 1 atom stereocenters. The predicted molar refractivity (Wildman–Crippen MR) is 98.9 cm³/mol. The molecule has 1 amide bonds. The number of nitrogens with one attached hydrogen (secondary N) is 1. The van der Waals surface area contributed by atoms with Crippen molar-refractivity contribution >= 4 is 29.0 Å². The van der Waals surface area contributed by atoms with E-state index in [1.54, 1.807) is 29.4 Å². The van der Waals surface area contributed by atoms with Crippen LogP contribution in [0.2, 0.25) is 0 Å². The standard InChI is InChI=1S/C18H18N2O2S2/c1-13(17(21)19-10-16-8-5-9-23-16)24-12-15-11-22-18(20-15)14-6-3-2-4-7-14/h2-9,11,13H,10,12H2,1H3,(H,19,21). The second kappa shape index (κ2) is 8.17. The number of thioether (sulfide) groups is 1. The minimum Gasteiger partial charge on any atom is -0.444 e. The maximum Gasteiger partial charge on any atom is 0.233 e. The summed E-state index contributed by atoms with van der Waals surface area (Å²) in [5.41, 5.74) is 1.80. The Hall–Kier alpha value is -2.05. The fraction of sp³-hybridized carbons (Fsp3) is 0.222. The summed E-state index contributed by atoms with van der Waals surface area (Å²) in [6.07, 6.45) is 1.66. The van der Waals surface area contributed by atoms with Crippen LogP contribution in [-0.4, -0.2) is 16.1 Å². The van der Waals surface area contributed by atoms with Crippen LogP contribution < -0.4 is 5.32 Å². The number of rotatable bonds is 7. The topological polar surface area (TPSA) is 55.1 Å². The largest absolute Gasteiger partial charge is 0.444 e. The molecule has 0 aliphatic carbocycles. The van der Waals surface area contributed by atoms with E-state index in [0.717, 1.165) is 16.1 Å². The first kappa shape index (κ1) is 16.8. The molecule has 1 N–H and O–H groups in total. The molecule has 2 heterocycles. The number of nitrogens with zero attached hydrogens (tertiary/aromatic N) is 1.